The summed E-state index contributed by atoms with van der Waals surface area (Å²) in [5.74, 6) is 0. The zero-order chi connectivity index (χ0) is 15.4. The van der Waals surface area contributed by atoms with Gasteiger partial charge in [0.2, 0.25) is 0 Å². The lowest BCUT2D eigenvalue weighted by molar-refractivity contribution is 1.77. The van der Waals surface area contributed by atoms with Crippen molar-refractivity contribution < 1.29 is 5.48 Å². The summed E-state index contributed by atoms with van der Waals surface area (Å²) in [7, 11) is 0. The Labute approximate surface area is 111 Å². The Kier molecular flexibility index (Phi) is 1.30. The number of benzene rings is 4. The molecule has 0 saturated heterocycles. The van der Waals surface area contributed by atoms with Gasteiger partial charge in [-0.05, 0) is 32.3 Å². The summed E-state index contributed by atoms with van der Waals surface area (Å²) in [6.45, 7) is 0. The number of fused-ring (bicyclic) bond motifs is 6. The highest BCUT2D eigenvalue weighted by molar-refractivity contribution is 6.25. The first-order valence-corrected chi connectivity index (χ1v) is 5.90. The monoisotopic (exact) mass is 232 g/mol. The van der Waals surface area contributed by atoms with Gasteiger partial charge < -0.3 is 0 Å². The largest absolute Gasteiger partial charge is 0.0629 e. The van der Waals surface area contributed by atoms with Crippen LogP contribution in [0.5, 0.6) is 0 Å². The summed E-state index contributed by atoms with van der Waals surface area (Å²) in [6.07, 6.45) is 0. The number of rotatable bonds is 0. The molecule has 0 unspecified atom stereocenters. The summed E-state index contributed by atoms with van der Waals surface area (Å²) in [5, 5.41) is 4.94. The molecule has 0 fully saturated rings. The second-order valence-corrected chi connectivity index (χ2v) is 4.34. The highest BCUT2D eigenvalue weighted by Crippen LogP contribution is 2.34. The van der Waals surface area contributed by atoms with Crippen LogP contribution in [-0.2, 0) is 0 Å². The summed E-state index contributed by atoms with van der Waals surface area (Å²) in [6, 6.07) is 15.2. The van der Waals surface area contributed by atoms with E-state index in [2.05, 4.69) is 0 Å². The van der Waals surface area contributed by atoms with Crippen molar-refractivity contribution in [2.24, 2.45) is 0 Å². The molecular formula is C18H12. The second-order valence-electron chi connectivity index (χ2n) is 4.34. The van der Waals surface area contributed by atoms with E-state index in [1.165, 1.54) is 0 Å². The Balaban J connectivity index is 2.50. The van der Waals surface area contributed by atoms with Crippen molar-refractivity contribution >= 4 is 32.3 Å². The fraction of sp³-hybridized carbons (Fsp3) is 0. The molecule has 0 aliphatic heterocycles. The lowest BCUT2D eigenvalue weighted by atomic mass is 9.95. The topological polar surface area (TPSA) is 0 Å². The van der Waals surface area contributed by atoms with Gasteiger partial charge in [-0.2, -0.15) is 0 Å². The summed E-state index contributed by atoms with van der Waals surface area (Å²) in [5.41, 5.74) is 0. The van der Waals surface area contributed by atoms with E-state index in [1.807, 2.05) is 48.5 Å². The highest BCUT2D eigenvalue weighted by atomic mass is 14.1. The average Bonchev–Trinajstić information content (AvgIpc) is 2.57. The van der Waals surface area contributed by atoms with Gasteiger partial charge in [0.1, 0.15) is 0 Å². The quantitative estimate of drug-likeness (QED) is 0.368. The van der Waals surface area contributed by atoms with E-state index in [9.17, 15) is 0 Å². The van der Waals surface area contributed by atoms with Crippen LogP contribution in [0.2, 0.25) is 0 Å². The van der Waals surface area contributed by atoms with Crippen LogP contribution in [0.1, 0.15) is 5.48 Å². The highest BCUT2D eigenvalue weighted by Gasteiger charge is 2.06. The minimum absolute atomic E-state index is 0.0259. The van der Waals surface area contributed by atoms with Crippen molar-refractivity contribution in [2.75, 3.05) is 0 Å². The van der Waals surface area contributed by atoms with Crippen LogP contribution in [0.25, 0.3) is 32.3 Å². The molecule has 0 radical (unpaired) electrons. The Morgan fingerprint density at radius 1 is 0.500 bits per heavy atom. The molecule has 0 spiro atoms. The van der Waals surface area contributed by atoms with Crippen molar-refractivity contribution in [1.29, 1.82) is 0 Å². The van der Waals surface area contributed by atoms with Gasteiger partial charge in [-0.1, -0.05) is 72.7 Å². The third-order valence-electron chi connectivity index (χ3n) is 3.37. The Morgan fingerprint density at radius 3 is 1.22 bits per heavy atom. The van der Waals surface area contributed by atoms with Crippen molar-refractivity contribution in [2.45, 2.75) is 0 Å². The molecule has 0 aromatic heterocycles. The van der Waals surface area contributed by atoms with Crippen LogP contribution in [0.4, 0.5) is 0 Å². The van der Waals surface area contributed by atoms with E-state index >= 15 is 0 Å². The van der Waals surface area contributed by atoms with E-state index in [0.717, 1.165) is 21.5 Å². The number of hydrogen-bond acceptors (Lipinski definition) is 0. The van der Waals surface area contributed by atoms with Crippen LogP contribution in [0.3, 0.4) is 0 Å². The fourth-order valence-electron chi connectivity index (χ4n) is 2.59. The van der Waals surface area contributed by atoms with Crippen LogP contribution in [0, 0.1) is 0 Å². The first kappa shape index (κ1) is 6.55. The minimum atomic E-state index is -0.182. The van der Waals surface area contributed by atoms with Gasteiger partial charge in [0.05, 0.1) is 5.48 Å². The van der Waals surface area contributed by atoms with E-state index < -0.39 is 0 Å². The summed E-state index contributed by atoms with van der Waals surface area (Å²) >= 11 is 0. The molecule has 0 atom stereocenters. The maximum absolute atomic E-state index is 8.29. The van der Waals surface area contributed by atoms with E-state index in [0.29, 0.717) is 10.8 Å². The van der Waals surface area contributed by atoms with Crippen molar-refractivity contribution in [1.82, 2.24) is 0 Å². The smallest absolute Gasteiger partial charge is 0.0616 e. The van der Waals surface area contributed by atoms with Crippen LogP contribution in [-0.4, -0.2) is 0 Å². The molecule has 4 aromatic rings. The van der Waals surface area contributed by atoms with Crippen LogP contribution in [0.15, 0.2) is 72.7 Å². The fourth-order valence-corrected chi connectivity index (χ4v) is 2.59. The zero-order valence-corrected chi connectivity index (χ0v) is 9.62. The predicted octanol–water partition coefficient (Wildman–Crippen LogP) is 5.15. The van der Waals surface area contributed by atoms with Crippen molar-refractivity contribution in [3.8, 4) is 0 Å². The maximum atomic E-state index is 8.29. The standard InChI is InChI=1S/C18H12/c1-2-8-14-13(7-1)15-9-3-4-11-17(15)18-12-6-5-10-16(14)18/h1-12H/i1D,2D,7D,8D. The maximum Gasteiger partial charge on any atom is 0.0629 e. The third kappa shape index (κ3) is 1.20. The predicted molar refractivity (Wildman–Crippen MR) is 79.0 cm³/mol. The van der Waals surface area contributed by atoms with Crippen LogP contribution >= 0.6 is 0 Å². The molecule has 18 heavy (non-hydrogen) atoms. The summed E-state index contributed by atoms with van der Waals surface area (Å²) < 4.78 is 32.5. The molecule has 0 heteroatoms. The average molecular weight is 232 g/mol. The van der Waals surface area contributed by atoms with Gasteiger partial charge >= 0.3 is 0 Å². The molecular weight excluding hydrogens is 216 g/mol. The molecule has 0 aliphatic carbocycles. The van der Waals surface area contributed by atoms with E-state index in [-0.39, 0.29) is 24.2 Å². The number of hydrogen-bond donors (Lipinski definition) is 0. The lowest BCUT2D eigenvalue weighted by Crippen LogP contribution is -1.81. The summed E-state index contributed by atoms with van der Waals surface area (Å²) in [4.78, 5) is 0. The molecule has 4 rings (SSSR count). The molecule has 0 N–H and O–H groups in total. The van der Waals surface area contributed by atoms with E-state index in [4.69, 9.17) is 5.48 Å². The Morgan fingerprint density at radius 2 is 0.833 bits per heavy atom. The molecule has 0 heterocycles. The molecule has 0 bridgehead atoms. The Hall–Kier alpha value is -2.34. The first-order valence-electron chi connectivity index (χ1n) is 7.90. The van der Waals surface area contributed by atoms with E-state index in [1.54, 1.807) is 0 Å². The van der Waals surface area contributed by atoms with Crippen molar-refractivity contribution in [3.05, 3.63) is 72.7 Å². The first-order chi connectivity index (χ1) is 10.6. The Bertz CT molecular complexity index is 981. The van der Waals surface area contributed by atoms with Gasteiger partial charge in [0, 0.05) is 0 Å². The van der Waals surface area contributed by atoms with Gasteiger partial charge in [-0.3, -0.25) is 0 Å². The molecule has 0 amide bonds. The third-order valence-corrected chi connectivity index (χ3v) is 3.37. The molecule has 0 aliphatic rings. The normalized spacial score (nSPS) is 14.4. The van der Waals surface area contributed by atoms with Crippen LogP contribution < -0.4 is 0 Å². The molecule has 0 saturated carbocycles. The zero-order valence-electron chi connectivity index (χ0n) is 13.6. The van der Waals surface area contributed by atoms with Gasteiger partial charge in [-0.25, -0.2) is 0 Å². The lowest BCUT2D eigenvalue weighted by Gasteiger charge is -2.09. The van der Waals surface area contributed by atoms with Gasteiger partial charge in [0.25, 0.3) is 0 Å². The van der Waals surface area contributed by atoms with Gasteiger partial charge in [0.15, 0.2) is 0 Å². The SMILES string of the molecule is [2H]c1c([2H])c([2H])c2c3ccccc3c3ccccc3c2c1[2H]. The molecule has 84 valence electrons. The van der Waals surface area contributed by atoms with Gasteiger partial charge in [-0.15, -0.1) is 0 Å². The molecule has 4 aromatic carbocycles. The minimum Gasteiger partial charge on any atom is -0.0616 e. The van der Waals surface area contributed by atoms with Crippen molar-refractivity contribution in [3.63, 3.8) is 0 Å². The molecule has 0 nitrogen and oxygen atoms in total. The second kappa shape index (κ2) is 3.58.